The number of imidazole rings is 1. The molecule has 1 amide bonds. The molecule has 0 radical (unpaired) electrons. The zero-order valence-electron chi connectivity index (χ0n) is 18.5. The summed E-state index contributed by atoms with van der Waals surface area (Å²) in [5.41, 5.74) is 3.06. The van der Waals surface area contributed by atoms with Gasteiger partial charge in [-0.05, 0) is 55.2 Å². The highest BCUT2D eigenvalue weighted by molar-refractivity contribution is 5.91. The lowest BCUT2D eigenvalue weighted by Crippen LogP contribution is -2.39. The number of carbonyl (C=O) groups excluding carboxylic acids is 1. The number of furan rings is 1. The smallest absolute Gasteiger partial charge is 0.289 e. The standard InChI is InChI=1S/C27H27N3O3/c1-2-8-19-9-3-6-13-24(19)32-18-21-14-15-25(33-21)27(31)30-16-7-10-20(17-30)26-28-22-11-4-5-12-23(22)29-26/h2-6,9,11-15,20H,1,7-8,10,16-18H2,(H,28,29). The van der Waals surface area contributed by atoms with Gasteiger partial charge in [-0.3, -0.25) is 4.79 Å². The maximum Gasteiger partial charge on any atom is 0.289 e. The summed E-state index contributed by atoms with van der Waals surface area (Å²) in [7, 11) is 0. The number of fused-ring (bicyclic) bond motifs is 1. The molecule has 1 unspecified atom stereocenters. The van der Waals surface area contributed by atoms with Gasteiger partial charge < -0.3 is 19.0 Å². The van der Waals surface area contributed by atoms with Crippen LogP contribution in [0.3, 0.4) is 0 Å². The topological polar surface area (TPSA) is 71.4 Å². The lowest BCUT2D eigenvalue weighted by Gasteiger charge is -2.31. The van der Waals surface area contributed by atoms with Gasteiger partial charge in [-0.15, -0.1) is 6.58 Å². The summed E-state index contributed by atoms with van der Waals surface area (Å²) in [6.45, 7) is 5.41. The van der Waals surface area contributed by atoms with E-state index in [2.05, 4.69) is 11.6 Å². The molecule has 1 aliphatic heterocycles. The van der Waals surface area contributed by atoms with Gasteiger partial charge in [-0.1, -0.05) is 36.4 Å². The second kappa shape index (κ2) is 9.36. The van der Waals surface area contributed by atoms with Crippen molar-refractivity contribution >= 4 is 16.9 Å². The fourth-order valence-electron chi connectivity index (χ4n) is 4.39. The molecule has 4 aromatic rings. The molecule has 0 saturated carbocycles. The van der Waals surface area contributed by atoms with Crippen molar-refractivity contribution in [3.63, 3.8) is 0 Å². The SMILES string of the molecule is C=CCc1ccccc1OCc1ccc(C(=O)N2CCCC(c3nc4ccccc4[nH]3)C2)o1. The molecule has 1 fully saturated rings. The summed E-state index contributed by atoms with van der Waals surface area (Å²) in [4.78, 5) is 23.2. The summed E-state index contributed by atoms with van der Waals surface area (Å²) in [5, 5.41) is 0. The van der Waals surface area contributed by atoms with Crippen LogP contribution in [0.15, 0.2) is 77.7 Å². The number of nitrogens with zero attached hydrogens (tertiary/aromatic N) is 2. The van der Waals surface area contributed by atoms with E-state index in [4.69, 9.17) is 14.1 Å². The van der Waals surface area contributed by atoms with Crippen molar-refractivity contribution in [1.82, 2.24) is 14.9 Å². The van der Waals surface area contributed by atoms with Gasteiger partial charge in [0.2, 0.25) is 0 Å². The van der Waals surface area contributed by atoms with Crippen molar-refractivity contribution in [3.05, 3.63) is 96.2 Å². The number of nitrogens with one attached hydrogen (secondary N) is 1. The van der Waals surface area contributed by atoms with E-state index in [1.165, 1.54) is 0 Å². The van der Waals surface area contributed by atoms with Crippen molar-refractivity contribution in [2.24, 2.45) is 0 Å². The second-order valence-electron chi connectivity index (χ2n) is 8.38. The number of likely N-dealkylation sites (tertiary alicyclic amines) is 1. The number of aromatic nitrogens is 2. The van der Waals surface area contributed by atoms with E-state index in [0.29, 0.717) is 18.1 Å². The number of amides is 1. The fourth-order valence-corrected chi connectivity index (χ4v) is 4.39. The van der Waals surface area contributed by atoms with E-state index in [0.717, 1.165) is 54.0 Å². The molecule has 1 atom stereocenters. The van der Waals surface area contributed by atoms with Crippen LogP contribution in [0.5, 0.6) is 5.75 Å². The van der Waals surface area contributed by atoms with Crippen molar-refractivity contribution < 1.29 is 13.9 Å². The monoisotopic (exact) mass is 441 g/mol. The minimum Gasteiger partial charge on any atom is -0.485 e. The highest BCUT2D eigenvalue weighted by atomic mass is 16.5. The Morgan fingerprint density at radius 3 is 2.91 bits per heavy atom. The Morgan fingerprint density at radius 2 is 2.03 bits per heavy atom. The fraction of sp³-hybridized carbons (Fsp3) is 0.259. The van der Waals surface area contributed by atoms with Crippen molar-refractivity contribution in [3.8, 4) is 5.75 Å². The van der Waals surface area contributed by atoms with Gasteiger partial charge in [0.1, 0.15) is 23.9 Å². The first-order valence-electron chi connectivity index (χ1n) is 11.4. The van der Waals surface area contributed by atoms with Gasteiger partial charge in [-0.2, -0.15) is 0 Å². The molecule has 6 heteroatoms. The Morgan fingerprint density at radius 1 is 1.18 bits per heavy atom. The number of hydrogen-bond donors (Lipinski definition) is 1. The number of carbonyl (C=O) groups is 1. The third kappa shape index (κ3) is 4.55. The molecular formula is C27H27N3O3. The zero-order valence-corrected chi connectivity index (χ0v) is 18.5. The molecule has 5 rings (SSSR count). The number of benzene rings is 2. The van der Waals surface area contributed by atoms with E-state index < -0.39 is 0 Å². The third-order valence-corrected chi connectivity index (χ3v) is 6.08. The van der Waals surface area contributed by atoms with E-state index in [1.807, 2.05) is 65.6 Å². The third-order valence-electron chi connectivity index (χ3n) is 6.08. The van der Waals surface area contributed by atoms with Crippen molar-refractivity contribution in [1.29, 1.82) is 0 Å². The second-order valence-corrected chi connectivity index (χ2v) is 8.38. The number of ether oxygens (including phenoxy) is 1. The van der Waals surface area contributed by atoms with Crippen LogP contribution < -0.4 is 4.74 Å². The zero-order chi connectivity index (χ0) is 22.6. The number of hydrogen-bond acceptors (Lipinski definition) is 4. The molecule has 168 valence electrons. The summed E-state index contributed by atoms with van der Waals surface area (Å²) in [6.07, 6.45) is 4.53. The summed E-state index contributed by atoms with van der Waals surface area (Å²) in [6, 6.07) is 19.4. The van der Waals surface area contributed by atoms with Crippen LogP contribution in [-0.4, -0.2) is 33.9 Å². The number of allylic oxidation sites excluding steroid dienone is 1. The molecule has 0 bridgehead atoms. The Bertz CT molecular complexity index is 1240. The van der Waals surface area contributed by atoms with Gasteiger partial charge >= 0.3 is 0 Å². The van der Waals surface area contributed by atoms with Crippen LogP contribution in [0.25, 0.3) is 11.0 Å². The minimum atomic E-state index is -0.0888. The highest BCUT2D eigenvalue weighted by Gasteiger charge is 2.28. The maximum absolute atomic E-state index is 13.1. The van der Waals surface area contributed by atoms with Gasteiger partial charge in [0, 0.05) is 19.0 Å². The molecule has 6 nitrogen and oxygen atoms in total. The Balaban J connectivity index is 1.24. The van der Waals surface area contributed by atoms with Gasteiger partial charge in [0.25, 0.3) is 5.91 Å². The van der Waals surface area contributed by atoms with Crippen LogP contribution in [0.1, 0.15) is 46.5 Å². The van der Waals surface area contributed by atoms with Crippen LogP contribution in [0.2, 0.25) is 0 Å². The minimum absolute atomic E-state index is 0.0888. The molecule has 2 aromatic heterocycles. The van der Waals surface area contributed by atoms with Crippen LogP contribution in [0, 0.1) is 0 Å². The number of piperidine rings is 1. The van der Waals surface area contributed by atoms with E-state index in [9.17, 15) is 4.79 Å². The lowest BCUT2D eigenvalue weighted by atomic mass is 9.97. The van der Waals surface area contributed by atoms with Crippen LogP contribution in [0.4, 0.5) is 0 Å². The first kappa shape index (κ1) is 21.1. The van der Waals surface area contributed by atoms with Crippen molar-refractivity contribution in [2.45, 2.75) is 31.8 Å². The molecule has 2 aromatic carbocycles. The number of para-hydroxylation sites is 3. The average Bonchev–Trinajstić information content (AvgIpc) is 3.51. The predicted molar refractivity (Wildman–Crippen MR) is 127 cm³/mol. The Hall–Kier alpha value is -3.80. The molecule has 33 heavy (non-hydrogen) atoms. The molecular weight excluding hydrogens is 414 g/mol. The van der Waals surface area contributed by atoms with Gasteiger partial charge in [0.15, 0.2) is 5.76 Å². The lowest BCUT2D eigenvalue weighted by molar-refractivity contribution is 0.0668. The highest BCUT2D eigenvalue weighted by Crippen LogP contribution is 2.28. The predicted octanol–water partition coefficient (Wildman–Crippen LogP) is 5.48. The first-order chi connectivity index (χ1) is 16.2. The Kier molecular flexibility index (Phi) is 5.98. The molecule has 1 saturated heterocycles. The number of aromatic amines is 1. The summed E-state index contributed by atoms with van der Waals surface area (Å²) >= 11 is 0. The molecule has 0 aliphatic carbocycles. The number of rotatable bonds is 7. The summed E-state index contributed by atoms with van der Waals surface area (Å²) in [5.74, 6) is 2.81. The number of H-pyrrole nitrogens is 1. The van der Waals surface area contributed by atoms with E-state index >= 15 is 0 Å². The largest absolute Gasteiger partial charge is 0.485 e. The normalized spacial score (nSPS) is 16.1. The van der Waals surface area contributed by atoms with Gasteiger partial charge in [-0.25, -0.2) is 4.98 Å². The van der Waals surface area contributed by atoms with E-state index in [1.54, 1.807) is 6.07 Å². The molecule has 1 N–H and O–H groups in total. The van der Waals surface area contributed by atoms with Crippen molar-refractivity contribution in [2.75, 3.05) is 13.1 Å². The van der Waals surface area contributed by atoms with E-state index in [-0.39, 0.29) is 18.4 Å². The summed E-state index contributed by atoms with van der Waals surface area (Å²) < 4.78 is 11.8. The van der Waals surface area contributed by atoms with Crippen LogP contribution in [-0.2, 0) is 13.0 Å². The quantitative estimate of drug-likeness (QED) is 0.385. The first-order valence-corrected chi connectivity index (χ1v) is 11.4. The average molecular weight is 442 g/mol. The Labute approximate surface area is 192 Å². The maximum atomic E-state index is 13.1. The molecule has 1 aliphatic rings. The van der Waals surface area contributed by atoms with Gasteiger partial charge in [0.05, 0.1) is 11.0 Å². The molecule has 3 heterocycles. The van der Waals surface area contributed by atoms with Crippen LogP contribution >= 0.6 is 0 Å². The molecule has 0 spiro atoms.